The maximum Gasteiger partial charge on any atom is 0.325 e. The van der Waals surface area contributed by atoms with E-state index in [1.165, 1.54) is 18.9 Å². The third kappa shape index (κ3) is 7.06. The van der Waals surface area contributed by atoms with Gasteiger partial charge in [-0.2, -0.15) is 0 Å². The second-order valence-electron chi connectivity index (χ2n) is 6.84. The molecule has 1 heterocycles. The Hall–Kier alpha value is -3.37. The summed E-state index contributed by atoms with van der Waals surface area (Å²) in [5.41, 5.74) is 2.04. The summed E-state index contributed by atoms with van der Waals surface area (Å²) in [6.45, 7) is 0.990. The minimum atomic E-state index is -0.508. The minimum absolute atomic E-state index is 0.0831. The maximum atomic E-state index is 12.0. The van der Waals surface area contributed by atoms with Crippen LogP contribution in [0.2, 0.25) is 0 Å². The second kappa shape index (κ2) is 12.6. The predicted octanol–water partition coefficient (Wildman–Crippen LogP) is 2.55. The molecular weight excluding hydrogens is 444 g/mol. The standard InChI is InChI=1S/C23H26N4O5S/c1-30-13-12-27-20(25-26-23(27)33-16-21(28)24-14-22(29)31-2)15-32-19-11-7-6-10-18(19)17-8-4-3-5-9-17/h3-11H,12-16H2,1-2H3,(H,24,28). The van der Waals surface area contributed by atoms with Crippen LogP contribution in [0.25, 0.3) is 11.1 Å². The predicted molar refractivity (Wildman–Crippen MR) is 124 cm³/mol. The second-order valence-corrected chi connectivity index (χ2v) is 7.78. The maximum absolute atomic E-state index is 12.0. The SMILES string of the molecule is COCCn1c(COc2ccccc2-c2ccccc2)nnc1SCC(=O)NCC(=O)OC. The number of carbonyl (C=O) groups excluding carboxylic acids is 2. The van der Waals surface area contributed by atoms with Crippen molar-refractivity contribution in [2.24, 2.45) is 0 Å². The Morgan fingerprint density at radius 3 is 2.55 bits per heavy atom. The lowest BCUT2D eigenvalue weighted by Gasteiger charge is -2.13. The van der Waals surface area contributed by atoms with E-state index >= 15 is 0 Å². The third-order valence-corrected chi connectivity index (χ3v) is 5.60. The molecular formula is C23H26N4O5S. The van der Waals surface area contributed by atoms with Crippen LogP contribution in [0.1, 0.15) is 5.82 Å². The van der Waals surface area contributed by atoms with Crippen LogP contribution >= 0.6 is 11.8 Å². The smallest absolute Gasteiger partial charge is 0.325 e. The summed E-state index contributed by atoms with van der Waals surface area (Å²) >= 11 is 1.22. The van der Waals surface area contributed by atoms with E-state index in [-0.39, 0.29) is 24.8 Å². The van der Waals surface area contributed by atoms with Gasteiger partial charge in [0.25, 0.3) is 0 Å². The molecule has 9 nitrogen and oxygen atoms in total. The largest absolute Gasteiger partial charge is 0.485 e. The molecule has 3 rings (SSSR count). The first-order valence-corrected chi connectivity index (χ1v) is 11.3. The number of amides is 1. The van der Waals surface area contributed by atoms with E-state index in [2.05, 4.69) is 20.3 Å². The molecule has 0 atom stereocenters. The zero-order valence-electron chi connectivity index (χ0n) is 18.5. The highest BCUT2D eigenvalue weighted by atomic mass is 32.2. The van der Waals surface area contributed by atoms with Crippen LogP contribution in [0.5, 0.6) is 5.75 Å². The molecule has 1 N–H and O–H groups in total. The molecule has 0 fully saturated rings. The summed E-state index contributed by atoms with van der Waals surface area (Å²) in [5, 5.41) is 11.5. The first-order chi connectivity index (χ1) is 16.1. The van der Waals surface area contributed by atoms with E-state index in [1.54, 1.807) is 7.11 Å². The lowest BCUT2D eigenvalue weighted by atomic mass is 10.1. The van der Waals surface area contributed by atoms with Gasteiger partial charge in [0.05, 0.1) is 19.5 Å². The van der Waals surface area contributed by atoms with E-state index in [4.69, 9.17) is 9.47 Å². The van der Waals surface area contributed by atoms with E-state index in [9.17, 15) is 9.59 Å². The van der Waals surface area contributed by atoms with Crippen molar-refractivity contribution in [3.63, 3.8) is 0 Å². The molecule has 0 unspecified atom stereocenters. The van der Waals surface area contributed by atoms with Crippen molar-refractivity contribution in [1.29, 1.82) is 0 Å². The van der Waals surface area contributed by atoms with Gasteiger partial charge in [-0.25, -0.2) is 0 Å². The van der Waals surface area contributed by atoms with Gasteiger partial charge >= 0.3 is 5.97 Å². The van der Waals surface area contributed by atoms with Gasteiger partial charge in [-0.05, 0) is 11.6 Å². The molecule has 0 aliphatic carbocycles. The van der Waals surface area contributed by atoms with Gasteiger partial charge in [0, 0.05) is 19.2 Å². The molecule has 0 spiro atoms. The summed E-state index contributed by atoms with van der Waals surface area (Å²) in [6.07, 6.45) is 0. The summed E-state index contributed by atoms with van der Waals surface area (Å²) in [7, 11) is 2.88. The van der Waals surface area contributed by atoms with Crippen molar-refractivity contribution in [1.82, 2.24) is 20.1 Å². The molecule has 174 valence electrons. The minimum Gasteiger partial charge on any atom is -0.485 e. The van der Waals surface area contributed by atoms with E-state index in [0.717, 1.165) is 16.9 Å². The quantitative estimate of drug-likeness (QED) is 0.318. The highest BCUT2D eigenvalue weighted by molar-refractivity contribution is 7.99. The molecule has 2 aromatic carbocycles. The number of nitrogens with zero attached hydrogens (tertiary/aromatic N) is 3. The normalized spacial score (nSPS) is 10.6. The molecule has 0 radical (unpaired) electrons. The number of para-hydroxylation sites is 1. The van der Waals surface area contributed by atoms with Gasteiger partial charge in [-0.1, -0.05) is 60.3 Å². The van der Waals surface area contributed by atoms with Gasteiger partial charge in [-0.3, -0.25) is 9.59 Å². The van der Waals surface area contributed by atoms with Crippen LogP contribution < -0.4 is 10.1 Å². The van der Waals surface area contributed by atoms with Gasteiger partial charge in [-0.15, -0.1) is 10.2 Å². The zero-order valence-corrected chi connectivity index (χ0v) is 19.3. The monoisotopic (exact) mass is 470 g/mol. The van der Waals surface area contributed by atoms with Gasteiger partial charge in [0.1, 0.15) is 18.9 Å². The molecule has 0 saturated carbocycles. The Balaban J connectivity index is 1.68. The number of rotatable bonds is 12. The van der Waals surface area contributed by atoms with Crippen LogP contribution in [-0.2, 0) is 32.2 Å². The number of benzene rings is 2. The Morgan fingerprint density at radius 2 is 1.79 bits per heavy atom. The molecule has 1 amide bonds. The fourth-order valence-electron chi connectivity index (χ4n) is 2.95. The van der Waals surface area contributed by atoms with Gasteiger partial charge in [0.2, 0.25) is 5.91 Å². The fraction of sp³-hybridized carbons (Fsp3) is 0.304. The first-order valence-electron chi connectivity index (χ1n) is 10.3. The summed E-state index contributed by atoms with van der Waals surface area (Å²) < 4.78 is 17.7. The molecule has 1 aromatic heterocycles. The van der Waals surface area contributed by atoms with Crippen molar-refractivity contribution in [2.45, 2.75) is 18.3 Å². The van der Waals surface area contributed by atoms with Crippen molar-refractivity contribution < 1.29 is 23.8 Å². The number of hydrogen-bond acceptors (Lipinski definition) is 8. The fourth-order valence-corrected chi connectivity index (χ4v) is 3.77. The number of ether oxygens (including phenoxy) is 3. The summed E-state index contributed by atoms with van der Waals surface area (Å²) in [6, 6.07) is 17.8. The van der Waals surface area contributed by atoms with Crippen molar-refractivity contribution in [3.05, 3.63) is 60.4 Å². The molecule has 33 heavy (non-hydrogen) atoms. The lowest BCUT2D eigenvalue weighted by molar-refractivity contribution is -0.140. The van der Waals surface area contributed by atoms with E-state index < -0.39 is 5.97 Å². The molecule has 3 aromatic rings. The number of methoxy groups -OCH3 is 2. The Morgan fingerprint density at radius 1 is 1.03 bits per heavy atom. The summed E-state index contributed by atoms with van der Waals surface area (Å²) in [5.74, 6) is 0.627. The third-order valence-electron chi connectivity index (χ3n) is 4.63. The highest BCUT2D eigenvalue weighted by Crippen LogP contribution is 2.30. The van der Waals surface area contributed by atoms with Crippen LogP contribution in [0.15, 0.2) is 59.8 Å². The average Bonchev–Trinajstić information content (AvgIpc) is 3.25. The van der Waals surface area contributed by atoms with E-state index in [1.807, 2.05) is 59.2 Å². The Bertz CT molecular complexity index is 1060. The number of carbonyl (C=O) groups is 2. The molecule has 10 heteroatoms. The van der Waals surface area contributed by atoms with E-state index in [0.29, 0.717) is 24.1 Å². The van der Waals surface area contributed by atoms with Crippen LogP contribution in [0.3, 0.4) is 0 Å². The number of esters is 1. The zero-order chi connectivity index (χ0) is 23.5. The van der Waals surface area contributed by atoms with Crippen LogP contribution in [-0.4, -0.2) is 59.8 Å². The number of nitrogens with one attached hydrogen (secondary N) is 1. The van der Waals surface area contributed by atoms with Crippen LogP contribution in [0, 0.1) is 0 Å². The number of hydrogen-bond donors (Lipinski definition) is 1. The van der Waals surface area contributed by atoms with Crippen molar-refractivity contribution in [3.8, 4) is 16.9 Å². The van der Waals surface area contributed by atoms with Crippen molar-refractivity contribution >= 4 is 23.6 Å². The molecule has 0 aliphatic heterocycles. The lowest BCUT2D eigenvalue weighted by Crippen LogP contribution is -2.31. The van der Waals surface area contributed by atoms with Crippen LogP contribution in [0.4, 0.5) is 0 Å². The average molecular weight is 471 g/mol. The molecule has 0 saturated heterocycles. The number of thioether (sulfide) groups is 1. The molecule has 0 aliphatic rings. The van der Waals surface area contributed by atoms with Crippen molar-refractivity contribution in [2.75, 3.05) is 33.1 Å². The first kappa shape index (κ1) is 24.3. The van der Waals surface area contributed by atoms with Gasteiger partial charge in [0.15, 0.2) is 11.0 Å². The molecule has 0 bridgehead atoms. The Labute approximate surface area is 196 Å². The Kier molecular flexibility index (Phi) is 9.28. The topological polar surface area (TPSA) is 105 Å². The number of aromatic nitrogens is 3. The van der Waals surface area contributed by atoms with Gasteiger partial charge < -0.3 is 24.1 Å². The highest BCUT2D eigenvalue weighted by Gasteiger charge is 2.16. The summed E-state index contributed by atoms with van der Waals surface area (Å²) in [4.78, 5) is 23.2.